The Hall–Kier alpha value is -1.86. The van der Waals surface area contributed by atoms with Crippen LogP contribution in [0.2, 0.25) is 0 Å². The first-order chi connectivity index (χ1) is 10.5. The zero-order valence-corrected chi connectivity index (χ0v) is 13.7. The van der Waals surface area contributed by atoms with Crippen LogP contribution < -0.4 is 4.74 Å². The first-order valence-corrected chi connectivity index (χ1v) is 7.84. The van der Waals surface area contributed by atoms with Gasteiger partial charge in [-0.3, -0.25) is 9.69 Å². The van der Waals surface area contributed by atoms with Crippen LogP contribution >= 0.6 is 24.0 Å². The van der Waals surface area contributed by atoms with Crippen molar-refractivity contribution in [2.24, 2.45) is 0 Å². The molecule has 1 aromatic rings. The van der Waals surface area contributed by atoms with Crippen LogP contribution in [-0.4, -0.2) is 39.4 Å². The van der Waals surface area contributed by atoms with E-state index in [1.54, 1.807) is 32.2 Å². The van der Waals surface area contributed by atoms with Crippen LogP contribution in [0.1, 0.15) is 18.9 Å². The lowest BCUT2D eigenvalue weighted by Crippen LogP contribution is -2.43. The van der Waals surface area contributed by atoms with Crippen LogP contribution in [0, 0.1) is 0 Å². The van der Waals surface area contributed by atoms with Gasteiger partial charge in [0.05, 0.1) is 12.0 Å². The summed E-state index contributed by atoms with van der Waals surface area (Å²) in [6.07, 6.45) is 2.00. The maximum Gasteiger partial charge on any atom is 0.326 e. The lowest BCUT2D eigenvalue weighted by atomic mass is 10.1. The maximum atomic E-state index is 12.4. The highest BCUT2D eigenvalue weighted by Crippen LogP contribution is 2.34. The molecule has 116 valence electrons. The molecule has 0 bridgehead atoms. The summed E-state index contributed by atoms with van der Waals surface area (Å²) < 4.78 is 5.36. The minimum atomic E-state index is -1.05. The number of hydrogen-bond acceptors (Lipinski definition) is 5. The molecule has 7 heteroatoms. The second kappa shape index (κ2) is 6.93. The summed E-state index contributed by atoms with van der Waals surface area (Å²) in [6, 6.07) is 6.30. The molecule has 0 aromatic heterocycles. The zero-order chi connectivity index (χ0) is 16.3. The van der Waals surface area contributed by atoms with Gasteiger partial charge in [-0.2, -0.15) is 0 Å². The van der Waals surface area contributed by atoms with Crippen LogP contribution in [0.4, 0.5) is 0 Å². The van der Waals surface area contributed by atoms with E-state index in [2.05, 4.69) is 0 Å². The van der Waals surface area contributed by atoms with Crippen molar-refractivity contribution >= 4 is 46.3 Å². The third-order valence-corrected chi connectivity index (χ3v) is 4.55. The highest BCUT2D eigenvalue weighted by atomic mass is 32.2. The average molecular weight is 337 g/mol. The number of aliphatic carboxylic acids is 1. The molecule has 0 spiro atoms. The third-order valence-electron chi connectivity index (χ3n) is 3.22. The van der Waals surface area contributed by atoms with Gasteiger partial charge in [-0.05, 0) is 30.2 Å². The lowest BCUT2D eigenvalue weighted by Gasteiger charge is -2.21. The Bertz CT molecular complexity index is 639. The SMILES string of the molecule is CC[C@H](C(=O)O)N1C(=O)/C(=C\c2ccc(OC)cc2)SC1=S. The van der Waals surface area contributed by atoms with Gasteiger partial charge in [0.25, 0.3) is 5.91 Å². The Morgan fingerprint density at radius 3 is 2.59 bits per heavy atom. The van der Waals surface area contributed by atoms with Gasteiger partial charge in [-0.25, -0.2) is 4.79 Å². The molecule has 0 saturated carbocycles. The van der Waals surface area contributed by atoms with Crippen molar-refractivity contribution in [3.05, 3.63) is 34.7 Å². The summed E-state index contributed by atoms with van der Waals surface area (Å²) >= 11 is 6.28. The van der Waals surface area contributed by atoms with E-state index < -0.39 is 12.0 Å². The second-order valence-electron chi connectivity index (χ2n) is 4.59. The zero-order valence-electron chi connectivity index (χ0n) is 12.1. The molecular weight excluding hydrogens is 322 g/mol. The fraction of sp³-hybridized carbons (Fsp3) is 0.267. The predicted octanol–water partition coefficient (Wildman–Crippen LogP) is 2.76. The molecule has 1 aliphatic heterocycles. The molecule has 1 N–H and O–H groups in total. The number of hydrogen-bond donors (Lipinski definition) is 1. The minimum absolute atomic E-state index is 0.277. The number of carboxylic acid groups (broad SMARTS) is 1. The van der Waals surface area contributed by atoms with Crippen molar-refractivity contribution in [1.29, 1.82) is 0 Å². The van der Waals surface area contributed by atoms with E-state index >= 15 is 0 Å². The quantitative estimate of drug-likeness (QED) is 0.658. The van der Waals surface area contributed by atoms with Crippen molar-refractivity contribution in [2.75, 3.05) is 7.11 Å². The molecule has 1 aromatic carbocycles. The molecule has 0 aliphatic carbocycles. The van der Waals surface area contributed by atoms with Gasteiger partial charge in [-0.1, -0.05) is 43.0 Å². The molecule has 5 nitrogen and oxygen atoms in total. The molecule has 1 aliphatic rings. The van der Waals surface area contributed by atoms with Gasteiger partial charge < -0.3 is 9.84 Å². The van der Waals surface area contributed by atoms with Crippen LogP contribution in [0.3, 0.4) is 0 Å². The number of nitrogens with zero attached hydrogens (tertiary/aromatic N) is 1. The van der Waals surface area contributed by atoms with Crippen LogP contribution in [0.5, 0.6) is 5.75 Å². The highest BCUT2D eigenvalue weighted by Gasteiger charge is 2.39. The van der Waals surface area contributed by atoms with Gasteiger partial charge in [0.2, 0.25) is 0 Å². The number of thiocarbonyl (C=S) groups is 1. The van der Waals surface area contributed by atoms with Gasteiger partial charge in [-0.15, -0.1) is 0 Å². The molecule has 1 saturated heterocycles. The maximum absolute atomic E-state index is 12.4. The van der Waals surface area contributed by atoms with E-state index in [1.807, 2.05) is 12.1 Å². The highest BCUT2D eigenvalue weighted by molar-refractivity contribution is 8.26. The fourth-order valence-corrected chi connectivity index (χ4v) is 3.42. The number of carbonyl (C=O) groups is 2. The van der Waals surface area contributed by atoms with Crippen LogP contribution in [-0.2, 0) is 9.59 Å². The number of carboxylic acids is 1. The Kier molecular flexibility index (Phi) is 5.20. The number of methoxy groups -OCH3 is 1. The van der Waals surface area contributed by atoms with Gasteiger partial charge >= 0.3 is 5.97 Å². The predicted molar refractivity (Wildman–Crippen MR) is 89.7 cm³/mol. The molecule has 0 radical (unpaired) electrons. The van der Waals surface area contributed by atoms with E-state index in [4.69, 9.17) is 17.0 Å². The first kappa shape index (κ1) is 16.5. The summed E-state index contributed by atoms with van der Waals surface area (Å²) in [5.74, 6) is -0.689. The number of ether oxygens (including phenoxy) is 1. The van der Waals surface area contributed by atoms with Crippen molar-refractivity contribution < 1.29 is 19.4 Å². The monoisotopic (exact) mass is 337 g/mol. The summed E-state index contributed by atoms with van der Waals surface area (Å²) in [4.78, 5) is 25.3. The van der Waals surface area contributed by atoms with Gasteiger partial charge in [0, 0.05) is 0 Å². The standard InChI is InChI=1S/C15H15NO4S2/c1-3-11(14(18)19)16-13(17)12(22-15(16)21)8-9-4-6-10(20-2)7-5-9/h4-8,11H,3H2,1-2H3,(H,18,19)/b12-8+/t11-/m1/s1. The topological polar surface area (TPSA) is 66.8 Å². The number of rotatable bonds is 5. The molecule has 22 heavy (non-hydrogen) atoms. The minimum Gasteiger partial charge on any atom is -0.497 e. The van der Waals surface area contributed by atoms with Crippen molar-refractivity contribution in [3.63, 3.8) is 0 Å². The normalized spacial score (nSPS) is 17.9. The Morgan fingerprint density at radius 2 is 2.09 bits per heavy atom. The molecule has 1 atom stereocenters. The number of thioether (sulfide) groups is 1. The molecule has 2 rings (SSSR count). The van der Waals surface area contributed by atoms with Gasteiger partial charge in [0.1, 0.15) is 16.1 Å². The fourth-order valence-electron chi connectivity index (χ4n) is 2.07. The number of amides is 1. The lowest BCUT2D eigenvalue weighted by molar-refractivity contribution is -0.145. The molecular formula is C15H15NO4S2. The Labute approximate surface area is 137 Å². The first-order valence-electron chi connectivity index (χ1n) is 6.61. The molecule has 1 heterocycles. The van der Waals surface area contributed by atoms with E-state index in [0.717, 1.165) is 23.1 Å². The van der Waals surface area contributed by atoms with Crippen LogP contribution in [0.15, 0.2) is 29.2 Å². The Balaban J connectivity index is 2.26. The molecule has 1 amide bonds. The molecule has 1 fully saturated rings. The average Bonchev–Trinajstić information content (AvgIpc) is 2.76. The van der Waals surface area contributed by atoms with Crippen LogP contribution in [0.25, 0.3) is 6.08 Å². The van der Waals surface area contributed by atoms with Crippen molar-refractivity contribution in [1.82, 2.24) is 4.90 Å². The van der Waals surface area contributed by atoms with Crippen molar-refractivity contribution in [2.45, 2.75) is 19.4 Å². The summed E-state index contributed by atoms with van der Waals surface area (Å²) in [6.45, 7) is 1.71. The Morgan fingerprint density at radius 1 is 1.45 bits per heavy atom. The third kappa shape index (κ3) is 3.31. The number of benzene rings is 1. The summed E-state index contributed by atoms with van der Waals surface area (Å²) in [7, 11) is 1.58. The number of carbonyl (C=O) groups excluding carboxylic acids is 1. The van der Waals surface area contributed by atoms with Crippen molar-refractivity contribution in [3.8, 4) is 5.75 Å². The smallest absolute Gasteiger partial charge is 0.326 e. The largest absolute Gasteiger partial charge is 0.497 e. The van der Waals surface area contributed by atoms with E-state index in [-0.39, 0.29) is 10.2 Å². The van der Waals surface area contributed by atoms with E-state index in [0.29, 0.717) is 11.3 Å². The van der Waals surface area contributed by atoms with Gasteiger partial charge in [0.15, 0.2) is 0 Å². The van der Waals surface area contributed by atoms with E-state index in [9.17, 15) is 14.7 Å². The molecule has 0 unspecified atom stereocenters. The summed E-state index contributed by atoms with van der Waals surface area (Å²) in [5, 5.41) is 9.21. The van der Waals surface area contributed by atoms with E-state index in [1.165, 1.54) is 4.90 Å². The second-order valence-corrected chi connectivity index (χ2v) is 6.26. The summed E-state index contributed by atoms with van der Waals surface area (Å²) in [5.41, 5.74) is 0.824.